The lowest BCUT2D eigenvalue weighted by Crippen LogP contribution is -2.48. The van der Waals surface area contributed by atoms with Gasteiger partial charge in [-0.2, -0.15) is 0 Å². The van der Waals surface area contributed by atoms with Crippen molar-refractivity contribution in [2.75, 3.05) is 13.1 Å². The summed E-state index contributed by atoms with van der Waals surface area (Å²) in [7, 11) is 0. The Morgan fingerprint density at radius 1 is 1.40 bits per heavy atom. The molecule has 6 nitrogen and oxygen atoms in total. The number of ether oxygens (including phenoxy) is 1. The Labute approximate surface area is 121 Å². The second-order valence-electron chi connectivity index (χ2n) is 4.89. The fourth-order valence-corrected chi connectivity index (χ4v) is 2.56. The second-order valence-corrected chi connectivity index (χ2v) is 5.30. The number of nitro groups is 1. The standard InChI is InChI=1S/C13H15ClN2O4/c1-8-6-15(7-9(2)20-8)13(17)11-4-3-10(16(18)19)5-12(11)14/h3-5,8-9H,6-7H2,1-2H3/t8-,9-/m1/s1. The van der Waals surface area contributed by atoms with E-state index in [2.05, 4.69) is 0 Å². The summed E-state index contributed by atoms with van der Waals surface area (Å²) in [6.45, 7) is 4.76. The molecule has 2 rings (SSSR count). The third-order valence-corrected chi connectivity index (χ3v) is 3.41. The highest BCUT2D eigenvalue weighted by molar-refractivity contribution is 6.34. The van der Waals surface area contributed by atoms with Gasteiger partial charge in [0.2, 0.25) is 0 Å². The van der Waals surface area contributed by atoms with Gasteiger partial charge in [0.25, 0.3) is 11.6 Å². The first-order chi connectivity index (χ1) is 9.38. The van der Waals surface area contributed by atoms with Crippen LogP contribution in [0.2, 0.25) is 5.02 Å². The van der Waals surface area contributed by atoms with E-state index in [1.165, 1.54) is 18.2 Å². The number of carbonyl (C=O) groups excluding carboxylic acids is 1. The summed E-state index contributed by atoms with van der Waals surface area (Å²) in [5.74, 6) is -0.230. The number of halogens is 1. The number of hydrogen-bond donors (Lipinski definition) is 0. The number of hydrogen-bond acceptors (Lipinski definition) is 4. The molecule has 1 heterocycles. The van der Waals surface area contributed by atoms with Crippen LogP contribution >= 0.6 is 11.6 Å². The van der Waals surface area contributed by atoms with Crippen molar-refractivity contribution < 1.29 is 14.5 Å². The van der Waals surface area contributed by atoms with Crippen molar-refractivity contribution in [2.24, 2.45) is 0 Å². The van der Waals surface area contributed by atoms with E-state index in [4.69, 9.17) is 16.3 Å². The largest absolute Gasteiger partial charge is 0.372 e. The maximum Gasteiger partial charge on any atom is 0.270 e. The van der Waals surface area contributed by atoms with E-state index < -0.39 is 4.92 Å². The summed E-state index contributed by atoms with van der Waals surface area (Å²) in [6, 6.07) is 3.88. The SMILES string of the molecule is C[C@@H]1CN(C(=O)c2ccc([N+](=O)[O-])cc2Cl)C[C@@H](C)O1. The minimum atomic E-state index is -0.543. The normalized spacial score (nSPS) is 22.6. The van der Waals surface area contributed by atoms with Crippen LogP contribution in [0.3, 0.4) is 0 Å². The van der Waals surface area contributed by atoms with E-state index in [0.29, 0.717) is 13.1 Å². The van der Waals surface area contributed by atoms with Crippen LogP contribution in [-0.2, 0) is 4.74 Å². The molecule has 0 spiro atoms. The first-order valence-electron chi connectivity index (χ1n) is 6.27. The molecule has 0 aliphatic carbocycles. The molecule has 1 aromatic carbocycles. The number of non-ortho nitro benzene ring substituents is 1. The van der Waals surface area contributed by atoms with Crippen molar-refractivity contribution in [1.29, 1.82) is 0 Å². The minimum Gasteiger partial charge on any atom is -0.372 e. The molecule has 20 heavy (non-hydrogen) atoms. The van der Waals surface area contributed by atoms with Crippen LogP contribution in [0.25, 0.3) is 0 Å². The fourth-order valence-electron chi connectivity index (χ4n) is 2.31. The maximum absolute atomic E-state index is 12.4. The molecule has 1 aliphatic rings. The molecule has 0 N–H and O–H groups in total. The van der Waals surface area contributed by atoms with Gasteiger partial charge in [0.05, 0.1) is 27.7 Å². The molecule has 0 saturated carbocycles. The van der Waals surface area contributed by atoms with Crippen molar-refractivity contribution in [1.82, 2.24) is 4.90 Å². The zero-order valence-corrected chi connectivity index (χ0v) is 12.0. The number of nitro benzene ring substituents is 1. The molecular weight excluding hydrogens is 284 g/mol. The quantitative estimate of drug-likeness (QED) is 0.621. The van der Waals surface area contributed by atoms with Crippen LogP contribution in [0.1, 0.15) is 24.2 Å². The number of rotatable bonds is 2. The molecule has 7 heteroatoms. The molecule has 1 saturated heterocycles. The third kappa shape index (κ3) is 3.08. The van der Waals surface area contributed by atoms with Crippen molar-refractivity contribution in [3.05, 3.63) is 38.9 Å². The molecule has 0 radical (unpaired) electrons. The molecule has 1 amide bonds. The molecule has 0 unspecified atom stereocenters. The summed E-state index contributed by atoms with van der Waals surface area (Å²) >= 11 is 5.98. The fraction of sp³-hybridized carbons (Fsp3) is 0.462. The first-order valence-corrected chi connectivity index (χ1v) is 6.65. The van der Waals surface area contributed by atoms with Gasteiger partial charge in [0, 0.05) is 25.2 Å². The lowest BCUT2D eigenvalue weighted by atomic mass is 10.1. The van der Waals surface area contributed by atoms with E-state index in [0.717, 1.165) is 0 Å². The van der Waals surface area contributed by atoms with Gasteiger partial charge in [0.15, 0.2) is 0 Å². The Kier molecular flexibility index (Phi) is 4.25. The minimum absolute atomic E-state index is 0.0421. The Morgan fingerprint density at radius 2 is 2.00 bits per heavy atom. The maximum atomic E-state index is 12.4. The zero-order chi connectivity index (χ0) is 14.9. The average molecular weight is 299 g/mol. The summed E-state index contributed by atoms with van der Waals surface area (Å²) in [5.41, 5.74) is 0.147. The van der Waals surface area contributed by atoms with Gasteiger partial charge in [-0.1, -0.05) is 11.6 Å². The molecule has 0 bridgehead atoms. The molecule has 0 aromatic heterocycles. The smallest absolute Gasteiger partial charge is 0.270 e. The van der Waals surface area contributed by atoms with Crippen LogP contribution in [0.4, 0.5) is 5.69 Å². The summed E-state index contributed by atoms with van der Waals surface area (Å²) in [4.78, 5) is 24.2. The van der Waals surface area contributed by atoms with Crippen molar-refractivity contribution in [2.45, 2.75) is 26.1 Å². The van der Waals surface area contributed by atoms with Gasteiger partial charge >= 0.3 is 0 Å². The van der Waals surface area contributed by atoms with Gasteiger partial charge in [-0.15, -0.1) is 0 Å². The van der Waals surface area contributed by atoms with Crippen molar-refractivity contribution in [3.8, 4) is 0 Å². The van der Waals surface area contributed by atoms with Crippen molar-refractivity contribution in [3.63, 3.8) is 0 Å². The topological polar surface area (TPSA) is 72.7 Å². The highest BCUT2D eigenvalue weighted by Gasteiger charge is 2.28. The Hall–Kier alpha value is -1.66. The van der Waals surface area contributed by atoms with E-state index in [1.807, 2.05) is 13.8 Å². The summed E-state index contributed by atoms with van der Waals surface area (Å²) in [6.07, 6.45) is -0.0842. The number of amides is 1. The van der Waals surface area contributed by atoms with Gasteiger partial charge < -0.3 is 9.64 Å². The van der Waals surface area contributed by atoms with Gasteiger partial charge in [-0.25, -0.2) is 0 Å². The van der Waals surface area contributed by atoms with E-state index >= 15 is 0 Å². The Morgan fingerprint density at radius 3 is 2.50 bits per heavy atom. The Bertz CT molecular complexity index is 539. The first kappa shape index (κ1) is 14.7. The van der Waals surface area contributed by atoms with Gasteiger partial charge in [-0.3, -0.25) is 14.9 Å². The van der Waals surface area contributed by atoms with E-state index in [9.17, 15) is 14.9 Å². The number of morpholine rings is 1. The lowest BCUT2D eigenvalue weighted by molar-refractivity contribution is -0.384. The predicted molar refractivity (Wildman–Crippen MR) is 74.0 cm³/mol. The Balaban J connectivity index is 2.23. The molecular formula is C13H15ClN2O4. The highest BCUT2D eigenvalue weighted by atomic mass is 35.5. The van der Waals surface area contributed by atoms with E-state index in [1.54, 1.807) is 4.90 Å². The van der Waals surface area contributed by atoms with Crippen LogP contribution in [0.5, 0.6) is 0 Å². The number of benzene rings is 1. The predicted octanol–water partition coefficient (Wildman–Crippen LogP) is 2.50. The average Bonchev–Trinajstić information content (AvgIpc) is 2.36. The monoisotopic (exact) mass is 298 g/mol. The van der Waals surface area contributed by atoms with Gasteiger partial charge in [0.1, 0.15) is 0 Å². The third-order valence-electron chi connectivity index (χ3n) is 3.10. The zero-order valence-electron chi connectivity index (χ0n) is 11.2. The molecule has 1 aromatic rings. The van der Waals surface area contributed by atoms with Gasteiger partial charge in [-0.05, 0) is 19.9 Å². The number of carbonyl (C=O) groups is 1. The summed E-state index contributed by atoms with van der Waals surface area (Å²) < 4.78 is 5.57. The van der Waals surface area contributed by atoms with Crippen LogP contribution < -0.4 is 0 Å². The molecule has 108 valence electrons. The van der Waals surface area contributed by atoms with Crippen molar-refractivity contribution >= 4 is 23.2 Å². The van der Waals surface area contributed by atoms with Crippen LogP contribution in [0.15, 0.2) is 18.2 Å². The molecule has 1 fully saturated rings. The molecule has 1 aliphatic heterocycles. The summed E-state index contributed by atoms with van der Waals surface area (Å²) in [5, 5.41) is 10.8. The highest BCUT2D eigenvalue weighted by Crippen LogP contribution is 2.24. The van der Waals surface area contributed by atoms with Crippen LogP contribution in [0, 0.1) is 10.1 Å². The number of nitrogens with zero attached hydrogens (tertiary/aromatic N) is 2. The molecule has 2 atom stereocenters. The second kappa shape index (κ2) is 5.76. The van der Waals surface area contributed by atoms with Crippen LogP contribution in [-0.4, -0.2) is 41.0 Å². The lowest BCUT2D eigenvalue weighted by Gasteiger charge is -2.35. The van der Waals surface area contributed by atoms with E-state index in [-0.39, 0.29) is 34.4 Å².